The Bertz CT molecular complexity index is 1260. The molecule has 196 valence electrons. The van der Waals surface area contributed by atoms with E-state index in [4.69, 9.17) is 14.2 Å². The Labute approximate surface area is 228 Å². The van der Waals surface area contributed by atoms with Gasteiger partial charge < -0.3 is 19.1 Å². The highest BCUT2D eigenvalue weighted by Gasteiger charge is 2.26. The largest absolute Gasteiger partial charge is 0.495 e. The van der Waals surface area contributed by atoms with Crippen molar-refractivity contribution in [3.05, 3.63) is 71.3 Å². The number of hydrogen-bond acceptors (Lipinski definition) is 4. The number of halogens is 1. The van der Waals surface area contributed by atoms with Gasteiger partial charge in [0.15, 0.2) is 0 Å². The van der Waals surface area contributed by atoms with Crippen LogP contribution in [-0.4, -0.2) is 42.2 Å². The maximum Gasteiger partial charge on any atom is 0.410 e. The molecule has 0 radical (unpaired) electrons. The second-order valence-electron chi connectivity index (χ2n) is 10.3. The van der Waals surface area contributed by atoms with Crippen molar-refractivity contribution >= 4 is 22.0 Å². The number of alkyl halides is 1. The number of carbonyl (C=O) groups excluding carboxylic acids is 1. The zero-order chi connectivity index (χ0) is 26.6. The molecule has 1 amide bonds. The van der Waals surface area contributed by atoms with Gasteiger partial charge in [0.1, 0.15) is 17.1 Å². The van der Waals surface area contributed by atoms with Gasteiger partial charge in [-0.2, -0.15) is 0 Å². The van der Waals surface area contributed by atoms with Crippen LogP contribution in [0.5, 0.6) is 11.5 Å². The number of para-hydroxylation sites is 1. The SMILES string of the molecule is COc1c(-c2ccc3c(c2)CCN(C(=O)OC(C)(C)C)C3)cccc1-c1cccc(OCCCBr)c1C. The molecule has 1 aliphatic rings. The number of nitrogens with zero attached hydrogens (tertiary/aromatic N) is 1. The number of hydrogen-bond donors (Lipinski definition) is 0. The molecule has 5 nitrogen and oxygen atoms in total. The third-order valence-corrected chi connectivity index (χ3v) is 7.07. The molecule has 0 aliphatic carbocycles. The molecular weight excluding hydrogens is 530 g/mol. The average Bonchev–Trinajstić information content (AvgIpc) is 2.87. The van der Waals surface area contributed by atoms with Crippen molar-refractivity contribution in [2.24, 2.45) is 0 Å². The second-order valence-corrected chi connectivity index (χ2v) is 11.1. The fourth-order valence-corrected chi connectivity index (χ4v) is 4.93. The van der Waals surface area contributed by atoms with Crippen molar-refractivity contribution in [1.29, 1.82) is 0 Å². The summed E-state index contributed by atoms with van der Waals surface area (Å²) in [5, 5.41) is 0.918. The summed E-state index contributed by atoms with van der Waals surface area (Å²) in [5.74, 6) is 1.74. The molecular formula is C31H36BrNO4. The van der Waals surface area contributed by atoms with Crippen molar-refractivity contribution in [3.63, 3.8) is 0 Å². The van der Waals surface area contributed by atoms with E-state index in [9.17, 15) is 4.79 Å². The van der Waals surface area contributed by atoms with Crippen LogP contribution in [0.3, 0.4) is 0 Å². The number of methoxy groups -OCH3 is 1. The van der Waals surface area contributed by atoms with Gasteiger partial charge >= 0.3 is 6.09 Å². The summed E-state index contributed by atoms with van der Waals surface area (Å²) in [6.07, 6.45) is 1.48. The van der Waals surface area contributed by atoms with E-state index in [1.54, 1.807) is 12.0 Å². The quantitative estimate of drug-likeness (QED) is 0.216. The molecule has 4 rings (SSSR count). The molecule has 1 heterocycles. The molecule has 3 aromatic carbocycles. The molecule has 0 spiro atoms. The maximum atomic E-state index is 12.6. The van der Waals surface area contributed by atoms with Crippen LogP contribution in [0.1, 0.15) is 43.9 Å². The Hall–Kier alpha value is -2.99. The monoisotopic (exact) mass is 565 g/mol. The molecule has 3 aromatic rings. The van der Waals surface area contributed by atoms with Crippen molar-refractivity contribution < 1.29 is 19.0 Å². The van der Waals surface area contributed by atoms with E-state index >= 15 is 0 Å². The van der Waals surface area contributed by atoms with Gasteiger partial charge in [0.05, 0.1) is 13.7 Å². The van der Waals surface area contributed by atoms with Gasteiger partial charge in [-0.05, 0) is 74.4 Å². The van der Waals surface area contributed by atoms with E-state index in [-0.39, 0.29) is 6.09 Å². The number of amides is 1. The third kappa shape index (κ3) is 6.30. The van der Waals surface area contributed by atoms with Crippen LogP contribution < -0.4 is 9.47 Å². The Kier molecular flexibility index (Phi) is 8.48. The highest BCUT2D eigenvalue weighted by Crippen LogP contribution is 2.42. The van der Waals surface area contributed by atoms with Crippen LogP contribution in [0.25, 0.3) is 22.3 Å². The first kappa shape index (κ1) is 27.1. The zero-order valence-electron chi connectivity index (χ0n) is 22.4. The Balaban J connectivity index is 1.63. The fraction of sp³-hybridized carbons (Fsp3) is 0.387. The first-order valence-electron chi connectivity index (χ1n) is 12.8. The minimum absolute atomic E-state index is 0.259. The van der Waals surface area contributed by atoms with Gasteiger partial charge in [0.25, 0.3) is 0 Å². The zero-order valence-corrected chi connectivity index (χ0v) is 24.0. The fourth-order valence-electron chi connectivity index (χ4n) is 4.70. The van der Waals surface area contributed by atoms with Gasteiger partial charge in [-0.25, -0.2) is 4.79 Å². The summed E-state index contributed by atoms with van der Waals surface area (Å²) in [6.45, 7) is 9.66. The number of fused-ring (bicyclic) bond motifs is 1. The summed E-state index contributed by atoms with van der Waals surface area (Å²) >= 11 is 3.46. The predicted octanol–water partition coefficient (Wildman–Crippen LogP) is 7.79. The lowest BCUT2D eigenvalue weighted by atomic mass is 9.91. The molecule has 0 atom stereocenters. The van der Waals surface area contributed by atoms with Gasteiger partial charge in [-0.3, -0.25) is 0 Å². The minimum Gasteiger partial charge on any atom is -0.495 e. The van der Waals surface area contributed by atoms with Gasteiger partial charge in [0.2, 0.25) is 0 Å². The topological polar surface area (TPSA) is 48.0 Å². The first-order valence-corrected chi connectivity index (χ1v) is 13.9. The molecule has 0 aromatic heterocycles. The Morgan fingerprint density at radius 2 is 1.73 bits per heavy atom. The summed E-state index contributed by atoms with van der Waals surface area (Å²) in [4.78, 5) is 14.4. The van der Waals surface area contributed by atoms with Gasteiger partial charge in [-0.15, -0.1) is 0 Å². The highest BCUT2D eigenvalue weighted by molar-refractivity contribution is 9.09. The summed E-state index contributed by atoms with van der Waals surface area (Å²) in [6, 6.07) is 18.9. The molecule has 0 N–H and O–H groups in total. The van der Waals surface area contributed by atoms with Crippen molar-refractivity contribution in [3.8, 4) is 33.8 Å². The lowest BCUT2D eigenvalue weighted by Gasteiger charge is -2.31. The minimum atomic E-state index is -0.500. The molecule has 0 bridgehead atoms. The van der Waals surface area contributed by atoms with Gasteiger partial charge in [0, 0.05) is 29.5 Å². The number of carbonyl (C=O) groups is 1. The lowest BCUT2D eigenvalue weighted by Crippen LogP contribution is -2.39. The molecule has 0 unspecified atom stereocenters. The number of rotatable bonds is 7. The van der Waals surface area contributed by atoms with Crippen LogP contribution >= 0.6 is 15.9 Å². The highest BCUT2D eigenvalue weighted by atomic mass is 79.9. The van der Waals surface area contributed by atoms with E-state index in [1.165, 1.54) is 5.56 Å². The van der Waals surface area contributed by atoms with Crippen molar-refractivity contribution in [2.45, 2.75) is 52.7 Å². The van der Waals surface area contributed by atoms with Crippen molar-refractivity contribution in [2.75, 3.05) is 25.6 Å². The van der Waals surface area contributed by atoms with E-state index in [0.717, 1.165) is 63.1 Å². The summed E-state index contributed by atoms with van der Waals surface area (Å²) < 4.78 is 17.6. The average molecular weight is 567 g/mol. The molecule has 1 aliphatic heterocycles. The maximum absolute atomic E-state index is 12.6. The molecule has 0 saturated heterocycles. The lowest BCUT2D eigenvalue weighted by molar-refractivity contribution is 0.0224. The van der Waals surface area contributed by atoms with Crippen LogP contribution in [-0.2, 0) is 17.7 Å². The van der Waals surface area contributed by atoms with E-state index in [1.807, 2.05) is 32.9 Å². The Morgan fingerprint density at radius 3 is 2.46 bits per heavy atom. The van der Waals surface area contributed by atoms with Crippen molar-refractivity contribution in [1.82, 2.24) is 4.90 Å². The smallest absolute Gasteiger partial charge is 0.410 e. The number of benzene rings is 3. The molecule has 0 saturated carbocycles. The van der Waals surface area contributed by atoms with Crippen LogP contribution in [0.15, 0.2) is 54.6 Å². The third-order valence-electron chi connectivity index (χ3n) is 6.51. The molecule has 0 fully saturated rings. The van der Waals surface area contributed by atoms with Crippen LogP contribution in [0.4, 0.5) is 4.79 Å². The standard InChI is InChI=1S/C31H36BrNO4/c1-21-25(9-7-12-28(21)36-18-8-16-32)27-11-6-10-26(29(27)35-5)23-13-14-24-20-33(17-15-22(24)19-23)30(34)37-31(2,3)4/h6-7,9-14,19H,8,15-18,20H2,1-5H3. The van der Waals surface area contributed by atoms with E-state index < -0.39 is 5.60 Å². The van der Waals surface area contributed by atoms with E-state index in [0.29, 0.717) is 19.7 Å². The summed E-state index contributed by atoms with van der Waals surface area (Å²) in [5.41, 5.74) is 7.29. The second kappa shape index (κ2) is 11.6. The molecule has 37 heavy (non-hydrogen) atoms. The summed E-state index contributed by atoms with van der Waals surface area (Å²) in [7, 11) is 1.73. The van der Waals surface area contributed by atoms with Crippen LogP contribution in [0.2, 0.25) is 0 Å². The predicted molar refractivity (Wildman–Crippen MR) is 153 cm³/mol. The molecule has 6 heteroatoms. The Morgan fingerprint density at radius 1 is 1.00 bits per heavy atom. The van der Waals surface area contributed by atoms with E-state index in [2.05, 4.69) is 65.3 Å². The first-order chi connectivity index (χ1) is 17.7. The normalized spacial score (nSPS) is 13.2. The number of ether oxygens (including phenoxy) is 3. The van der Waals surface area contributed by atoms with Gasteiger partial charge in [-0.1, -0.05) is 64.5 Å². The van der Waals surface area contributed by atoms with Crippen LogP contribution in [0, 0.1) is 6.92 Å².